The predicted octanol–water partition coefficient (Wildman–Crippen LogP) is 1.09. The van der Waals surface area contributed by atoms with Crippen LogP contribution in [-0.4, -0.2) is 62.4 Å². The van der Waals surface area contributed by atoms with Crippen molar-refractivity contribution in [3.63, 3.8) is 0 Å². The highest BCUT2D eigenvalue weighted by molar-refractivity contribution is 5.95. The fourth-order valence-electron chi connectivity index (χ4n) is 2.88. The van der Waals surface area contributed by atoms with Gasteiger partial charge in [0, 0.05) is 38.4 Å². The van der Waals surface area contributed by atoms with Crippen molar-refractivity contribution in [2.45, 2.75) is 18.6 Å². The molecule has 0 saturated carbocycles. The van der Waals surface area contributed by atoms with E-state index in [0.717, 1.165) is 0 Å². The Bertz CT molecular complexity index is 847. The van der Waals surface area contributed by atoms with Crippen LogP contribution in [-0.2, 0) is 9.53 Å². The summed E-state index contributed by atoms with van der Waals surface area (Å²) in [5, 5.41) is 24.2. The van der Waals surface area contributed by atoms with E-state index in [2.05, 4.69) is 5.10 Å². The molecule has 0 aliphatic carbocycles. The van der Waals surface area contributed by atoms with Crippen LogP contribution in [0.1, 0.15) is 16.9 Å². The Hall–Kier alpha value is -3.27. The van der Waals surface area contributed by atoms with E-state index in [0.29, 0.717) is 5.69 Å². The summed E-state index contributed by atoms with van der Waals surface area (Å²) in [7, 11) is 1.47. The van der Waals surface area contributed by atoms with Crippen molar-refractivity contribution in [1.29, 1.82) is 0 Å². The number of nitrogens with zero attached hydrogens (tertiary/aromatic N) is 4. The van der Waals surface area contributed by atoms with Crippen LogP contribution in [0, 0.1) is 10.1 Å². The average molecular weight is 360 g/mol. The number of nitro benzene ring substituents is 1. The normalized spacial score (nSPS) is 19.5. The number of methoxy groups -OCH3 is 1. The van der Waals surface area contributed by atoms with Crippen molar-refractivity contribution >= 4 is 17.6 Å². The molecule has 1 fully saturated rings. The number of benzene rings is 1. The van der Waals surface area contributed by atoms with E-state index in [-0.39, 0.29) is 30.5 Å². The second kappa shape index (κ2) is 6.92. The Morgan fingerprint density at radius 1 is 1.31 bits per heavy atom. The van der Waals surface area contributed by atoms with Crippen LogP contribution >= 0.6 is 0 Å². The molecule has 0 radical (unpaired) electrons. The van der Waals surface area contributed by atoms with Gasteiger partial charge in [-0.2, -0.15) is 5.10 Å². The van der Waals surface area contributed by atoms with Crippen molar-refractivity contribution in [2.24, 2.45) is 0 Å². The van der Waals surface area contributed by atoms with Crippen LogP contribution in [0.15, 0.2) is 36.5 Å². The molecule has 2 atom stereocenters. The molecule has 3 rings (SSSR count). The molecule has 2 heterocycles. The van der Waals surface area contributed by atoms with Gasteiger partial charge in [0.05, 0.1) is 16.7 Å². The molecule has 2 aromatic rings. The van der Waals surface area contributed by atoms with Crippen LogP contribution in [0.25, 0.3) is 5.69 Å². The van der Waals surface area contributed by atoms with Gasteiger partial charge >= 0.3 is 5.97 Å². The third kappa shape index (κ3) is 3.26. The smallest absolute Gasteiger partial charge is 0.326 e. The zero-order valence-corrected chi connectivity index (χ0v) is 13.8. The first-order valence-corrected chi connectivity index (χ1v) is 7.77. The standard InChI is InChI=1S/C16H16N4O6/c1-26-12-8-14(16(22)23)18(9-12)15(21)13-6-7-19(17-13)10-2-4-11(5-3-10)20(24)25/h2-7,12,14H,8-9H2,1H3,(H,22,23). The van der Waals surface area contributed by atoms with Gasteiger partial charge in [-0.25, -0.2) is 9.48 Å². The minimum atomic E-state index is -1.09. The number of hydrogen-bond acceptors (Lipinski definition) is 6. The van der Waals surface area contributed by atoms with Gasteiger partial charge < -0.3 is 14.7 Å². The van der Waals surface area contributed by atoms with Gasteiger partial charge in [-0.3, -0.25) is 14.9 Å². The molecule has 1 N–H and O–H groups in total. The van der Waals surface area contributed by atoms with E-state index in [4.69, 9.17) is 4.74 Å². The van der Waals surface area contributed by atoms with Gasteiger partial charge in [0.1, 0.15) is 6.04 Å². The second-order valence-corrected chi connectivity index (χ2v) is 5.82. The Balaban J connectivity index is 1.81. The molecule has 1 amide bonds. The maximum atomic E-state index is 12.7. The van der Waals surface area contributed by atoms with Gasteiger partial charge in [-0.15, -0.1) is 0 Å². The van der Waals surface area contributed by atoms with Crippen molar-refractivity contribution < 1.29 is 24.4 Å². The molecular formula is C16H16N4O6. The summed E-state index contributed by atoms with van der Waals surface area (Å²) in [6.45, 7) is 0.177. The van der Waals surface area contributed by atoms with Gasteiger partial charge in [0.2, 0.25) is 0 Å². The van der Waals surface area contributed by atoms with Crippen LogP contribution in [0.2, 0.25) is 0 Å². The molecule has 2 unspecified atom stereocenters. The molecule has 26 heavy (non-hydrogen) atoms. The molecule has 10 heteroatoms. The monoisotopic (exact) mass is 360 g/mol. The lowest BCUT2D eigenvalue weighted by Gasteiger charge is -2.19. The van der Waals surface area contributed by atoms with E-state index >= 15 is 0 Å². The molecule has 1 aliphatic rings. The molecule has 136 valence electrons. The highest BCUT2D eigenvalue weighted by Gasteiger charge is 2.40. The number of carboxylic acid groups (broad SMARTS) is 1. The maximum absolute atomic E-state index is 12.7. The fourth-order valence-corrected chi connectivity index (χ4v) is 2.88. The number of likely N-dealkylation sites (tertiary alicyclic amines) is 1. The Morgan fingerprint density at radius 2 is 2.00 bits per heavy atom. The third-order valence-corrected chi connectivity index (χ3v) is 4.28. The first-order valence-electron chi connectivity index (χ1n) is 7.77. The summed E-state index contributed by atoms with van der Waals surface area (Å²) >= 11 is 0. The summed E-state index contributed by atoms with van der Waals surface area (Å²) in [5.74, 6) is -1.59. The minimum absolute atomic E-state index is 0.0517. The number of aromatic nitrogens is 2. The van der Waals surface area contributed by atoms with Gasteiger partial charge in [-0.05, 0) is 18.2 Å². The zero-order chi connectivity index (χ0) is 18.8. The molecule has 1 aromatic heterocycles. The average Bonchev–Trinajstić information content (AvgIpc) is 3.28. The maximum Gasteiger partial charge on any atom is 0.326 e. The highest BCUT2D eigenvalue weighted by atomic mass is 16.6. The SMILES string of the molecule is COC1CC(C(=O)O)N(C(=O)c2ccn(-c3ccc([N+](=O)[O-])cc3)n2)C1. The number of rotatable bonds is 5. The summed E-state index contributed by atoms with van der Waals surface area (Å²) < 4.78 is 6.57. The quantitative estimate of drug-likeness (QED) is 0.624. The Morgan fingerprint density at radius 3 is 2.58 bits per heavy atom. The number of nitro groups is 1. The summed E-state index contributed by atoms with van der Waals surface area (Å²) in [4.78, 5) is 35.5. The van der Waals surface area contributed by atoms with Crippen molar-refractivity contribution in [1.82, 2.24) is 14.7 Å². The lowest BCUT2D eigenvalue weighted by molar-refractivity contribution is -0.384. The van der Waals surface area contributed by atoms with Gasteiger partial charge in [0.15, 0.2) is 5.69 Å². The molecule has 0 spiro atoms. The molecule has 10 nitrogen and oxygen atoms in total. The van der Waals surface area contributed by atoms with Crippen LogP contribution in [0.3, 0.4) is 0 Å². The number of amides is 1. The van der Waals surface area contributed by atoms with Crippen LogP contribution < -0.4 is 0 Å². The molecule has 1 aliphatic heterocycles. The number of carbonyl (C=O) groups is 2. The van der Waals surface area contributed by atoms with E-state index in [1.165, 1.54) is 53.2 Å². The van der Waals surface area contributed by atoms with E-state index in [1.54, 1.807) is 0 Å². The van der Waals surface area contributed by atoms with Crippen LogP contribution in [0.4, 0.5) is 5.69 Å². The lowest BCUT2D eigenvalue weighted by atomic mass is 10.2. The lowest BCUT2D eigenvalue weighted by Crippen LogP contribution is -2.40. The third-order valence-electron chi connectivity index (χ3n) is 4.28. The molecule has 0 bridgehead atoms. The van der Waals surface area contributed by atoms with E-state index in [1.807, 2.05) is 0 Å². The summed E-state index contributed by atoms with van der Waals surface area (Å²) in [6, 6.07) is 6.21. The number of carbonyl (C=O) groups excluding carboxylic acids is 1. The Labute approximate surface area is 147 Å². The number of non-ortho nitro benzene ring substituents is 1. The van der Waals surface area contributed by atoms with Crippen molar-refractivity contribution in [3.8, 4) is 5.69 Å². The number of ether oxygens (including phenoxy) is 1. The Kier molecular flexibility index (Phi) is 4.67. The van der Waals surface area contributed by atoms with E-state index < -0.39 is 22.8 Å². The predicted molar refractivity (Wildman–Crippen MR) is 88.1 cm³/mol. The number of hydrogen-bond donors (Lipinski definition) is 1. The second-order valence-electron chi connectivity index (χ2n) is 5.82. The largest absolute Gasteiger partial charge is 0.480 e. The highest BCUT2D eigenvalue weighted by Crippen LogP contribution is 2.23. The molecule has 1 aromatic carbocycles. The first-order chi connectivity index (χ1) is 12.4. The first kappa shape index (κ1) is 17.5. The van der Waals surface area contributed by atoms with Crippen molar-refractivity contribution in [2.75, 3.05) is 13.7 Å². The van der Waals surface area contributed by atoms with Gasteiger partial charge in [0.25, 0.3) is 11.6 Å². The topological polar surface area (TPSA) is 128 Å². The van der Waals surface area contributed by atoms with Gasteiger partial charge in [-0.1, -0.05) is 0 Å². The zero-order valence-electron chi connectivity index (χ0n) is 13.8. The fraction of sp³-hybridized carbons (Fsp3) is 0.312. The van der Waals surface area contributed by atoms with Crippen molar-refractivity contribution in [3.05, 3.63) is 52.3 Å². The van der Waals surface area contributed by atoms with E-state index in [9.17, 15) is 24.8 Å². The summed E-state index contributed by atoms with van der Waals surface area (Å²) in [5.41, 5.74) is 0.580. The molecular weight excluding hydrogens is 344 g/mol. The minimum Gasteiger partial charge on any atom is -0.480 e. The van der Waals surface area contributed by atoms with Crippen LogP contribution in [0.5, 0.6) is 0 Å². The number of carboxylic acids is 1. The number of aliphatic carboxylic acids is 1. The summed E-state index contributed by atoms with van der Waals surface area (Å²) in [6.07, 6.45) is 1.42. The molecule has 1 saturated heterocycles.